The molecule has 2 aliphatic rings. The normalized spacial score (nSPS) is 29.6. The lowest BCUT2D eigenvalue weighted by molar-refractivity contribution is 0.0743. The van der Waals surface area contributed by atoms with Crippen molar-refractivity contribution < 1.29 is 18.7 Å². The molecule has 2 fully saturated rings. The zero-order chi connectivity index (χ0) is 13.6. The van der Waals surface area contributed by atoms with Crippen molar-refractivity contribution in [1.29, 1.82) is 0 Å². The highest BCUT2D eigenvalue weighted by atomic mass is 19.1. The SMILES string of the molecule is O=C(c1c(F)cccc1F)N1CC2CCC(O)C2C1. The molecule has 3 unspecified atom stereocenters. The van der Waals surface area contributed by atoms with Crippen molar-refractivity contribution in [3.63, 3.8) is 0 Å². The largest absolute Gasteiger partial charge is 0.393 e. The van der Waals surface area contributed by atoms with E-state index < -0.39 is 29.2 Å². The van der Waals surface area contributed by atoms with Gasteiger partial charge in [0.15, 0.2) is 0 Å². The molecule has 0 aromatic heterocycles. The van der Waals surface area contributed by atoms with E-state index in [1.165, 1.54) is 11.0 Å². The van der Waals surface area contributed by atoms with E-state index in [0.717, 1.165) is 25.0 Å². The van der Waals surface area contributed by atoms with Crippen LogP contribution in [0.15, 0.2) is 18.2 Å². The lowest BCUT2D eigenvalue weighted by atomic mass is 10.00. The first-order valence-corrected chi connectivity index (χ1v) is 6.49. The number of hydrogen-bond donors (Lipinski definition) is 1. The first kappa shape index (κ1) is 12.5. The molecule has 19 heavy (non-hydrogen) atoms. The van der Waals surface area contributed by atoms with E-state index in [0.29, 0.717) is 13.1 Å². The number of likely N-dealkylation sites (tertiary alicyclic amines) is 1. The molecule has 1 aromatic carbocycles. The number of hydrogen-bond acceptors (Lipinski definition) is 2. The Morgan fingerprint density at radius 2 is 1.89 bits per heavy atom. The minimum atomic E-state index is -0.831. The average Bonchev–Trinajstić information content (AvgIpc) is 2.92. The van der Waals surface area contributed by atoms with Crippen LogP contribution in [0.5, 0.6) is 0 Å². The van der Waals surface area contributed by atoms with Gasteiger partial charge in [-0.25, -0.2) is 8.78 Å². The summed E-state index contributed by atoms with van der Waals surface area (Å²) >= 11 is 0. The van der Waals surface area contributed by atoms with Crippen molar-refractivity contribution in [3.05, 3.63) is 35.4 Å². The van der Waals surface area contributed by atoms with Crippen LogP contribution in [0.3, 0.4) is 0 Å². The fraction of sp³-hybridized carbons (Fsp3) is 0.500. The molecule has 1 aliphatic heterocycles. The van der Waals surface area contributed by atoms with Gasteiger partial charge in [0.05, 0.1) is 6.10 Å². The molecule has 1 N–H and O–H groups in total. The van der Waals surface area contributed by atoms with Crippen LogP contribution in [-0.4, -0.2) is 35.1 Å². The fourth-order valence-electron chi connectivity index (χ4n) is 3.26. The summed E-state index contributed by atoms with van der Waals surface area (Å²) in [6.07, 6.45) is 1.23. The lowest BCUT2D eigenvalue weighted by Crippen LogP contribution is -2.32. The molecular weight excluding hydrogens is 252 g/mol. The summed E-state index contributed by atoms with van der Waals surface area (Å²) < 4.78 is 27.2. The van der Waals surface area contributed by atoms with Crippen molar-refractivity contribution in [3.8, 4) is 0 Å². The van der Waals surface area contributed by atoms with Gasteiger partial charge in [-0.1, -0.05) is 6.07 Å². The second-order valence-corrected chi connectivity index (χ2v) is 5.38. The summed E-state index contributed by atoms with van der Waals surface area (Å²) in [7, 11) is 0. The topological polar surface area (TPSA) is 40.5 Å². The minimum Gasteiger partial charge on any atom is -0.393 e. The van der Waals surface area contributed by atoms with E-state index in [1.54, 1.807) is 0 Å². The summed E-state index contributed by atoms with van der Waals surface area (Å²) in [4.78, 5) is 13.6. The Morgan fingerprint density at radius 3 is 2.53 bits per heavy atom. The second kappa shape index (κ2) is 4.56. The Bertz CT molecular complexity index is 500. The first-order chi connectivity index (χ1) is 9.08. The van der Waals surface area contributed by atoms with Crippen LogP contribution in [0.25, 0.3) is 0 Å². The number of carbonyl (C=O) groups is 1. The number of benzene rings is 1. The molecule has 3 nitrogen and oxygen atoms in total. The summed E-state index contributed by atoms with van der Waals surface area (Å²) in [5.41, 5.74) is -0.489. The van der Waals surface area contributed by atoms with Gasteiger partial charge in [-0.2, -0.15) is 0 Å². The third-order valence-electron chi connectivity index (χ3n) is 4.28. The monoisotopic (exact) mass is 267 g/mol. The molecule has 1 aliphatic carbocycles. The number of aliphatic hydroxyl groups is 1. The molecule has 1 heterocycles. The average molecular weight is 267 g/mol. The Morgan fingerprint density at radius 1 is 1.21 bits per heavy atom. The molecule has 3 atom stereocenters. The van der Waals surface area contributed by atoms with Crippen molar-refractivity contribution in [2.45, 2.75) is 18.9 Å². The Balaban J connectivity index is 1.83. The molecule has 0 spiro atoms. The van der Waals surface area contributed by atoms with E-state index in [9.17, 15) is 18.7 Å². The smallest absolute Gasteiger partial charge is 0.259 e. The number of rotatable bonds is 1. The molecule has 1 aromatic rings. The molecule has 102 valence electrons. The molecule has 0 radical (unpaired) electrons. The number of halogens is 2. The van der Waals surface area contributed by atoms with Gasteiger partial charge in [-0.05, 0) is 30.9 Å². The molecule has 0 bridgehead atoms. The zero-order valence-corrected chi connectivity index (χ0v) is 10.4. The van der Waals surface area contributed by atoms with Crippen LogP contribution < -0.4 is 0 Å². The van der Waals surface area contributed by atoms with Gasteiger partial charge in [-0.15, -0.1) is 0 Å². The highest BCUT2D eigenvalue weighted by molar-refractivity contribution is 5.95. The third kappa shape index (κ3) is 2.02. The standard InChI is InChI=1S/C14H15F2NO2/c15-10-2-1-3-11(16)13(10)14(19)17-6-8-4-5-12(18)9(8)7-17/h1-3,8-9,12,18H,4-7H2. The van der Waals surface area contributed by atoms with Crippen LogP contribution in [0, 0.1) is 23.5 Å². The van der Waals surface area contributed by atoms with Crippen molar-refractivity contribution in [2.24, 2.45) is 11.8 Å². The predicted molar refractivity (Wildman–Crippen MR) is 64.5 cm³/mol. The van der Waals surface area contributed by atoms with Crippen LogP contribution in [0.2, 0.25) is 0 Å². The van der Waals surface area contributed by atoms with Gasteiger partial charge in [0, 0.05) is 19.0 Å². The van der Waals surface area contributed by atoms with Gasteiger partial charge in [0.2, 0.25) is 0 Å². The van der Waals surface area contributed by atoms with E-state index in [2.05, 4.69) is 0 Å². The minimum absolute atomic E-state index is 0.0544. The van der Waals surface area contributed by atoms with E-state index >= 15 is 0 Å². The van der Waals surface area contributed by atoms with E-state index in [1.807, 2.05) is 0 Å². The molecule has 3 rings (SSSR count). The Kier molecular flexibility index (Phi) is 3.01. The summed E-state index contributed by atoms with van der Waals surface area (Å²) in [5, 5.41) is 9.79. The van der Waals surface area contributed by atoms with Crippen LogP contribution in [0.4, 0.5) is 8.78 Å². The summed E-state index contributed by atoms with van der Waals surface area (Å²) in [6.45, 7) is 0.868. The third-order valence-corrected chi connectivity index (χ3v) is 4.28. The maximum absolute atomic E-state index is 13.6. The van der Waals surface area contributed by atoms with E-state index in [-0.39, 0.29) is 11.8 Å². The number of aliphatic hydroxyl groups excluding tert-OH is 1. The number of nitrogens with zero attached hydrogens (tertiary/aromatic N) is 1. The quantitative estimate of drug-likeness (QED) is 0.843. The molecule has 1 saturated heterocycles. The summed E-state index contributed by atoms with van der Waals surface area (Å²) in [5.74, 6) is -1.96. The van der Waals surface area contributed by atoms with Crippen molar-refractivity contribution >= 4 is 5.91 Å². The molecule has 5 heteroatoms. The highest BCUT2D eigenvalue weighted by Gasteiger charge is 2.44. The number of carbonyl (C=O) groups excluding carboxylic acids is 1. The van der Waals surface area contributed by atoms with Gasteiger partial charge in [-0.3, -0.25) is 4.79 Å². The molecular formula is C14H15F2NO2. The maximum atomic E-state index is 13.6. The van der Waals surface area contributed by atoms with Crippen molar-refractivity contribution in [1.82, 2.24) is 4.90 Å². The maximum Gasteiger partial charge on any atom is 0.259 e. The number of fused-ring (bicyclic) bond motifs is 1. The van der Waals surface area contributed by atoms with E-state index in [4.69, 9.17) is 0 Å². The van der Waals surface area contributed by atoms with Gasteiger partial charge < -0.3 is 10.0 Å². The second-order valence-electron chi connectivity index (χ2n) is 5.38. The number of amides is 1. The zero-order valence-electron chi connectivity index (χ0n) is 10.4. The van der Waals surface area contributed by atoms with Gasteiger partial charge in [0.25, 0.3) is 5.91 Å². The van der Waals surface area contributed by atoms with Crippen LogP contribution >= 0.6 is 0 Å². The summed E-state index contributed by atoms with van der Waals surface area (Å²) in [6, 6.07) is 3.41. The van der Waals surface area contributed by atoms with Crippen LogP contribution in [0.1, 0.15) is 23.2 Å². The molecule has 1 amide bonds. The fourth-order valence-corrected chi connectivity index (χ4v) is 3.26. The predicted octanol–water partition coefficient (Wildman–Crippen LogP) is 1.81. The first-order valence-electron chi connectivity index (χ1n) is 6.49. The van der Waals surface area contributed by atoms with Gasteiger partial charge in [0.1, 0.15) is 17.2 Å². The highest BCUT2D eigenvalue weighted by Crippen LogP contribution is 2.38. The Hall–Kier alpha value is -1.49. The van der Waals surface area contributed by atoms with Gasteiger partial charge >= 0.3 is 0 Å². The lowest BCUT2D eigenvalue weighted by Gasteiger charge is -2.19. The Labute approximate surface area is 109 Å². The molecule has 1 saturated carbocycles. The van der Waals surface area contributed by atoms with Crippen molar-refractivity contribution in [2.75, 3.05) is 13.1 Å². The van der Waals surface area contributed by atoms with Crippen LogP contribution in [-0.2, 0) is 0 Å².